The first-order chi connectivity index (χ1) is 11.5. The zero-order chi connectivity index (χ0) is 17.5. The summed E-state index contributed by atoms with van der Waals surface area (Å²) in [5.41, 5.74) is 9.26. The summed E-state index contributed by atoms with van der Waals surface area (Å²) in [5, 5.41) is 14.1. The van der Waals surface area contributed by atoms with Gasteiger partial charge in [0.15, 0.2) is 5.78 Å². The van der Waals surface area contributed by atoms with Crippen LogP contribution < -0.4 is 4.74 Å². The maximum Gasteiger partial charge on any atom is 0.269 e. The number of carbonyl (C=O) groups is 1. The number of methoxy groups -OCH3 is 1. The molecule has 0 amide bonds. The van der Waals surface area contributed by atoms with Crippen molar-refractivity contribution in [2.45, 2.75) is 0 Å². The first kappa shape index (κ1) is 16.7. The van der Waals surface area contributed by atoms with Crippen LogP contribution in [0.15, 0.2) is 59.3 Å². The molecule has 0 fully saturated rings. The predicted octanol–water partition coefficient (Wildman–Crippen LogP) is 4.14. The first-order valence-electron chi connectivity index (χ1n) is 6.75. The molecule has 0 aliphatic rings. The minimum atomic E-state index is -0.560. The van der Waals surface area contributed by atoms with Gasteiger partial charge in [-0.3, -0.25) is 14.9 Å². The second kappa shape index (κ2) is 7.57. The van der Waals surface area contributed by atoms with Crippen LogP contribution in [0.3, 0.4) is 0 Å². The summed E-state index contributed by atoms with van der Waals surface area (Å²) in [4.78, 5) is 25.2. The molecule has 2 rings (SSSR count). The van der Waals surface area contributed by atoms with Crippen LogP contribution in [0.2, 0.25) is 0 Å². The molecule has 0 aliphatic carbocycles. The van der Waals surface area contributed by atoms with E-state index < -0.39 is 10.7 Å². The number of carbonyl (C=O) groups excluding carboxylic acids is 1. The number of nitro groups is 1. The highest BCUT2D eigenvalue weighted by Crippen LogP contribution is 2.19. The largest absolute Gasteiger partial charge is 0.497 e. The van der Waals surface area contributed by atoms with Crippen LogP contribution in [0.1, 0.15) is 15.9 Å². The summed E-state index contributed by atoms with van der Waals surface area (Å²) >= 11 is 0. The number of nitro benzene ring substituents is 1. The lowest BCUT2D eigenvalue weighted by Crippen LogP contribution is -2.01. The van der Waals surface area contributed by atoms with Crippen LogP contribution in [-0.4, -0.2) is 17.8 Å². The van der Waals surface area contributed by atoms with Crippen LogP contribution in [0.4, 0.5) is 5.69 Å². The van der Waals surface area contributed by atoms with Gasteiger partial charge in [0.2, 0.25) is 0 Å². The summed E-state index contributed by atoms with van der Waals surface area (Å²) in [6.45, 7) is 0. The van der Waals surface area contributed by atoms with Crippen molar-refractivity contribution in [3.05, 3.63) is 85.9 Å². The van der Waals surface area contributed by atoms with Crippen molar-refractivity contribution >= 4 is 17.5 Å². The van der Waals surface area contributed by atoms with Gasteiger partial charge >= 0.3 is 0 Å². The van der Waals surface area contributed by atoms with E-state index >= 15 is 0 Å². The molecule has 0 saturated heterocycles. The van der Waals surface area contributed by atoms with Crippen LogP contribution >= 0.6 is 0 Å². The second-order valence-electron chi connectivity index (χ2n) is 4.63. The Kier molecular flexibility index (Phi) is 5.28. The highest BCUT2D eigenvalue weighted by Gasteiger charge is 2.13. The zero-order valence-corrected chi connectivity index (χ0v) is 12.6. The Morgan fingerprint density at radius 3 is 2.33 bits per heavy atom. The van der Waals surface area contributed by atoms with Crippen LogP contribution in [0.5, 0.6) is 5.75 Å². The number of allylic oxidation sites excluding steroid dienone is 1. The van der Waals surface area contributed by atoms with E-state index in [-0.39, 0.29) is 16.9 Å². The summed E-state index contributed by atoms with van der Waals surface area (Å²) < 4.78 is 5.04. The highest BCUT2D eigenvalue weighted by molar-refractivity contribution is 6.11. The molecule has 120 valence electrons. The number of non-ortho nitro benzene ring substituents is 1. The molecule has 0 atom stereocenters. The molecule has 0 heterocycles. The summed E-state index contributed by atoms with van der Waals surface area (Å²) in [6, 6.07) is 11.9. The molecule has 0 aromatic heterocycles. The molecule has 8 heteroatoms. The number of hydrogen-bond donors (Lipinski definition) is 0. The quantitative estimate of drug-likeness (QED) is 0.151. The molecule has 2 aromatic carbocycles. The van der Waals surface area contributed by atoms with Gasteiger partial charge in [-0.2, -0.15) is 0 Å². The Hall–Kier alpha value is -3.64. The second-order valence-corrected chi connectivity index (χ2v) is 4.63. The predicted molar refractivity (Wildman–Crippen MR) is 87.5 cm³/mol. The first-order valence-corrected chi connectivity index (χ1v) is 6.75. The van der Waals surface area contributed by atoms with Crippen molar-refractivity contribution in [1.82, 2.24) is 0 Å². The average Bonchev–Trinajstić information content (AvgIpc) is 2.61. The van der Waals surface area contributed by atoms with Gasteiger partial charge in [-0.15, -0.1) is 0 Å². The molecule has 0 N–H and O–H groups in total. The Balaban J connectivity index is 2.34. The van der Waals surface area contributed by atoms with Gasteiger partial charge in [-0.05, 0) is 41.4 Å². The number of ketones is 1. The molecular weight excluding hydrogens is 312 g/mol. The lowest BCUT2D eigenvalue weighted by molar-refractivity contribution is -0.384. The van der Waals surface area contributed by atoms with E-state index in [0.29, 0.717) is 11.3 Å². The van der Waals surface area contributed by atoms with E-state index in [0.717, 1.165) is 0 Å². The fourth-order valence-electron chi connectivity index (χ4n) is 1.93. The Bertz CT molecular complexity index is 835. The molecule has 8 nitrogen and oxygen atoms in total. The molecule has 0 radical (unpaired) electrons. The van der Waals surface area contributed by atoms with Crippen molar-refractivity contribution in [2.24, 2.45) is 5.11 Å². The smallest absolute Gasteiger partial charge is 0.269 e. The van der Waals surface area contributed by atoms with Crippen LogP contribution in [0.25, 0.3) is 16.5 Å². The molecule has 0 spiro atoms. The number of Topliss-reactive ketones (excluding diaryl/α,β-unsaturated/α-hetero) is 1. The van der Waals surface area contributed by atoms with Gasteiger partial charge in [0.25, 0.3) is 5.69 Å². The van der Waals surface area contributed by atoms with Gasteiger partial charge in [-0.25, -0.2) is 0 Å². The fourth-order valence-corrected chi connectivity index (χ4v) is 1.93. The fraction of sp³-hybridized carbons (Fsp3) is 0.0625. The number of azide groups is 1. The van der Waals surface area contributed by atoms with Crippen LogP contribution in [-0.2, 0) is 0 Å². The molecule has 2 aromatic rings. The maximum atomic E-state index is 12.4. The van der Waals surface area contributed by atoms with Gasteiger partial charge < -0.3 is 4.74 Å². The molecule has 0 aliphatic heterocycles. The molecule has 24 heavy (non-hydrogen) atoms. The highest BCUT2D eigenvalue weighted by atomic mass is 16.6. The monoisotopic (exact) mass is 324 g/mol. The normalized spacial score (nSPS) is 10.6. The van der Waals surface area contributed by atoms with Gasteiger partial charge in [0.05, 0.1) is 17.7 Å². The number of nitrogens with zero attached hydrogens (tertiary/aromatic N) is 4. The van der Waals surface area contributed by atoms with Crippen molar-refractivity contribution in [2.75, 3.05) is 7.11 Å². The Labute approximate surface area is 136 Å². The third-order valence-corrected chi connectivity index (χ3v) is 3.14. The van der Waals surface area contributed by atoms with Crippen molar-refractivity contribution < 1.29 is 14.5 Å². The molecule has 0 saturated carbocycles. The molecule has 0 unspecified atom stereocenters. The topological polar surface area (TPSA) is 118 Å². The van der Waals surface area contributed by atoms with E-state index in [1.54, 1.807) is 24.3 Å². The Morgan fingerprint density at radius 1 is 1.21 bits per heavy atom. The minimum Gasteiger partial charge on any atom is -0.497 e. The standard InChI is InChI=1S/C16H12N4O4/c1-24-14-8-2-11(3-9-14)10-15(18-19-17)16(21)12-4-6-13(7-5-12)20(22)23/h2-10H,1H3. The number of hydrogen-bond acceptors (Lipinski definition) is 5. The van der Waals surface area contributed by atoms with E-state index in [1.807, 2.05) is 0 Å². The minimum absolute atomic E-state index is 0.114. The van der Waals surface area contributed by atoms with E-state index in [1.165, 1.54) is 37.5 Å². The zero-order valence-electron chi connectivity index (χ0n) is 12.6. The van der Waals surface area contributed by atoms with E-state index in [9.17, 15) is 14.9 Å². The summed E-state index contributed by atoms with van der Waals surface area (Å²) in [7, 11) is 1.54. The summed E-state index contributed by atoms with van der Waals surface area (Å²) in [6.07, 6.45) is 1.43. The van der Waals surface area contributed by atoms with E-state index in [4.69, 9.17) is 10.3 Å². The van der Waals surface area contributed by atoms with E-state index in [2.05, 4.69) is 10.0 Å². The van der Waals surface area contributed by atoms with Gasteiger partial charge in [-0.1, -0.05) is 17.2 Å². The lowest BCUT2D eigenvalue weighted by atomic mass is 10.1. The third kappa shape index (κ3) is 3.96. The molecule has 0 bridgehead atoms. The molecular formula is C16H12N4O4. The third-order valence-electron chi connectivity index (χ3n) is 3.14. The summed E-state index contributed by atoms with van der Waals surface area (Å²) in [5.74, 6) is 0.123. The van der Waals surface area contributed by atoms with Crippen molar-refractivity contribution in [3.63, 3.8) is 0 Å². The maximum absolute atomic E-state index is 12.4. The number of benzene rings is 2. The van der Waals surface area contributed by atoms with Gasteiger partial charge in [0, 0.05) is 22.6 Å². The lowest BCUT2D eigenvalue weighted by Gasteiger charge is -2.03. The van der Waals surface area contributed by atoms with Crippen LogP contribution in [0, 0.1) is 10.1 Å². The SMILES string of the molecule is COc1ccc(C=C(N=[N+]=[N-])C(=O)c2ccc([N+](=O)[O-])cc2)cc1. The number of rotatable bonds is 6. The van der Waals surface area contributed by atoms with Gasteiger partial charge in [0.1, 0.15) is 5.75 Å². The van der Waals surface area contributed by atoms with Crippen molar-refractivity contribution in [3.8, 4) is 5.75 Å². The van der Waals surface area contributed by atoms with Crippen molar-refractivity contribution in [1.29, 1.82) is 0 Å². The Morgan fingerprint density at radius 2 is 1.83 bits per heavy atom. The average molecular weight is 324 g/mol. The number of ether oxygens (including phenoxy) is 1.